The van der Waals surface area contributed by atoms with Crippen LogP contribution < -0.4 is 20.9 Å². The van der Waals surface area contributed by atoms with Crippen LogP contribution in [-0.4, -0.2) is 30.6 Å². The molecule has 0 saturated heterocycles. The van der Waals surface area contributed by atoms with Crippen LogP contribution in [0.15, 0.2) is 42.5 Å². The molecule has 8 nitrogen and oxygen atoms in total. The molecule has 2 rings (SSSR count). The monoisotopic (exact) mass is 399 g/mol. The molecule has 0 aliphatic heterocycles. The lowest BCUT2D eigenvalue weighted by Gasteiger charge is -2.17. The van der Waals surface area contributed by atoms with Gasteiger partial charge in [-0.05, 0) is 69.2 Å². The predicted octanol–water partition coefficient (Wildman–Crippen LogP) is 3.10. The summed E-state index contributed by atoms with van der Waals surface area (Å²) in [5.74, 6) is -0.372. The Labute approximate surface area is 169 Å². The molecule has 0 saturated carbocycles. The quantitative estimate of drug-likeness (QED) is 0.647. The molecule has 0 fully saturated rings. The number of carbonyl (C=O) groups is 3. The molecule has 0 aromatic heterocycles. The second-order valence-electron chi connectivity index (χ2n) is 6.32. The number of hydrogen-bond donors (Lipinski definition) is 3. The van der Waals surface area contributed by atoms with Crippen molar-refractivity contribution < 1.29 is 23.9 Å². The van der Waals surface area contributed by atoms with Gasteiger partial charge in [-0.3, -0.25) is 25.8 Å². The van der Waals surface area contributed by atoms with Crippen LogP contribution in [0.25, 0.3) is 0 Å². The van der Waals surface area contributed by atoms with Crippen molar-refractivity contribution in [1.82, 2.24) is 10.9 Å². The largest absolute Gasteiger partial charge is 0.481 e. The summed E-state index contributed by atoms with van der Waals surface area (Å²) >= 11 is 0. The lowest BCUT2D eigenvalue weighted by Crippen LogP contribution is -2.47. The molecule has 0 bridgehead atoms. The fraction of sp³-hybridized carbons (Fsp3) is 0.286. The Kier molecular flexibility index (Phi) is 7.59. The third-order valence-electron chi connectivity index (χ3n) is 4.20. The standard InChI is InChI=1S/C21H25N3O5/c1-5-28-21(27)22-17-11-9-16(10-12-17)20(26)24-23-19(25)15(4)29-18-8-6-7-13(2)14(18)3/h6-12,15H,5H2,1-4H3,(H,22,27)(H,23,25)(H,24,26)/t15-/m0/s1. The van der Waals surface area contributed by atoms with Crippen molar-refractivity contribution in [2.24, 2.45) is 0 Å². The molecule has 2 aromatic rings. The zero-order valence-corrected chi connectivity index (χ0v) is 16.9. The summed E-state index contributed by atoms with van der Waals surface area (Å²) in [7, 11) is 0. The smallest absolute Gasteiger partial charge is 0.411 e. The van der Waals surface area contributed by atoms with Gasteiger partial charge in [0, 0.05) is 11.3 Å². The van der Waals surface area contributed by atoms with Crippen LogP contribution in [-0.2, 0) is 9.53 Å². The van der Waals surface area contributed by atoms with Crippen LogP contribution in [0, 0.1) is 13.8 Å². The number of carbonyl (C=O) groups excluding carboxylic acids is 3. The molecule has 2 aromatic carbocycles. The fourth-order valence-electron chi connectivity index (χ4n) is 2.38. The summed E-state index contributed by atoms with van der Waals surface area (Å²) in [6, 6.07) is 11.7. The van der Waals surface area contributed by atoms with Gasteiger partial charge in [-0.2, -0.15) is 0 Å². The van der Waals surface area contributed by atoms with Crippen LogP contribution in [0.4, 0.5) is 10.5 Å². The summed E-state index contributed by atoms with van der Waals surface area (Å²) in [5.41, 5.74) is 7.49. The first-order chi connectivity index (χ1) is 13.8. The number of amides is 3. The van der Waals surface area contributed by atoms with E-state index >= 15 is 0 Å². The highest BCUT2D eigenvalue weighted by molar-refractivity contribution is 5.96. The van der Waals surface area contributed by atoms with E-state index in [0.717, 1.165) is 11.1 Å². The van der Waals surface area contributed by atoms with E-state index in [1.807, 2.05) is 26.0 Å². The topological polar surface area (TPSA) is 106 Å². The number of rotatable bonds is 6. The zero-order valence-electron chi connectivity index (χ0n) is 16.9. The molecule has 1 atom stereocenters. The second-order valence-corrected chi connectivity index (χ2v) is 6.32. The number of aryl methyl sites for hydroxylation is 1. The summed E-state index contributed by atoms with van der Waals surface area (Å²) in [6.07, 6.45) is -1.37. The van der Waals surface area contributed by atoms with Crippen LogP contribution in [0.1, 0.15) is 35.3 Å². The van der Waals surface area contributed by atoms with Gasteiger partial charge in [0.2, 0.25) is 0 Å². The molecule has 29 heavy (non-hydrogen) atoms. The van der Waals surface area contributed by atoms with E-state index in [2.05, 4.69) is 16.2 Å². The molecule has 0 spiro atoms. The Morgan fingerprint density at radius 3 is 2.34 bits per heavy atom. The molecule has 0 unspecified atom stereocenters. The van der Waals surface area contributed by atoms with Crippen molar-refractivity contribution in [1.29, 1.82) is 0 Å². The average molecular weight is 399 g/mol. The van der Waals surface area contributed by atoms with Crippen LogP contribution in [0.5, 0.6) is 5.75 Å². The summed E-state index contributed by atoms with van der Waals surface area (Å²) in [6.45, 7) is 7.43. The van der Waals surface area contributed by atoms with Crippen LogP contribution >= 0.6 is 0 Å². The second kappa shape index (κ2) is 10.1. The molecular formula is C21H25N3O5. The van der Waals surface area contributed by atoms with Crippen molar-refractivity contribution in [3.05, 3.63) is 59.2 Å². The maximum Gasteiger partial charge on any atom is 0.411 e. The molecular weight excluding hydrogens is 374 g/mol. The molecule has 3 amide bonds. The normalized spacial score (nSPS) is 11.2. The number of ether oxygens (including phenoxy) is 2. The van der Waals surface area contributed by atoms with Crippen molar-refractivity contribution in [2.45, 2.75) is 33.8 Å². The number of hydrogen-bond acceptors (Lipinski definition) is 5. The first kappa shape index (κ1) is 21.7. The minimum atomic E-state index is -0.799. The Morgan fingerprint density at radius 1 is 1.00 bits per heavy atom. The van der Waals surface area contributed by atoms with Gasteiger partial charge >= 0.3 is 6.09 Å². The Hall–Kier alpha value is -3.55. The van der Waals surface area contributed by atoms with Gasteiger partial charge in [-0.25, -0.2) is 4.79 Å². The van der Waals surface area contributed by atoms with E-state index in [1.165, 1.54) is 12.1 Å². The zero-order chi connectivity index (χ0) is 21.4. The van der Waals surface area contributed by atoms with E-state index in [-0.39, 0.29) is 6.61 Å². The predicted molar refractivity (Wildman–Crippen MR) is 109 cm³/mol. The van der Waals surface area contributed by atoms with E-state index in [0.29, 0.717) is 17.0 Å². The Morgan fingerprint density at radius 2 is 1.69 bits per heavy atom. The maximum atomic E-state index is 12.2. The molecule has 0 heterocycles. The van der Waals surface area contributed by atoms with Gasteiger partial charge in [0.1, 0.15) is 5.75 Å². The lowest BCUT2D eigenvalue weighted by atomic mass is 10.1. The number of nitrogens with one attached hydrogen (secondary N) is 3. The number of anilines is 1. The van der Waals surface area contributed by atoms with Gasteiger partial charge in [0.15, 0.2) is 6.10 Å². The van der Waals surface area contributed by atoms with Gasteiger partial charge in [-0.1, -0.05) is 12.1 Å². The third kappa shape index (κ3) is 6.24. The molecule has 3 N–H and O–H groups in total. The van der Waals surface area contributed by atoms with Gasteiger partial charge < -0.3 is 9.47 Å². The highest BCUT2D eigenvalue weighted by Crippen LogP contribution is 2.21. The van der Waals surface area contributed by atoms with E-state index < -0.39 is 24.0 Å². The highest BCUT2D eigenvalue weighted by Gasteiger charge is 2.17. The minimum Gasteiger partial charge on any atom is -0.481 e. The van der Waals surface area contributed by atoms with E-state index in [4.69, 9.17) is 9.47 Å². The van der Waals surface area contributed by atoms with Crippen molar-refractivity contribution in [2.75, 3.05) is 11.9 Å². The summed E-state index contributed by atoms with van der Waals surface area (Å²) in [5, 5.41) is 2.53. The van der Waals surface area contributed by atoms with Crippen molar-refractivity contribution >= 4 is 23.6 Å². The van der Waals surface area contributed by atoms with Crippen molar-refractivity contribution in [3.63, 3.8) is 0 Å². The molecule has 0 radical (unpaired) electrons. The fourth-order valence-corrected chi connectivity index (χ4v) is 2.38. The number of hydrazine groups is 1. The maximum absolute atomic E-state index is 12.2. The van der Waals surface area contributed by atoms with Gasteiger partial charge in [0.25, 0.3) is 11.8 Å². The van der Waals surface area contributed by atoms with Crippen LogP contribution in [0.3, 0.4) is 0 Å². The van der Waals surface area contributed by atoms with E-state index in [1.54, 1.807) is 32.0 Å². The van der Waals surface area contributed by atoms with Gasteiger partial charge in [0.05, 0.1) is 6.61 Å². The third-order valence-corrected chi connectivity index (χ3v) is 4.20. The van der Waals surface area contributed by atoms with Crippen LogP contribution in [0.2, 0.25) is 0 Å². The lowest BCUT2D eigenvalue weighted by molar-refractivity contribution is -0.128. The molecule has 0 aliphatic carbocycles. The molecule has 0 aliphatic rings. The van der Waals surface area contributed by atoms with E-state index in [9.17, 15) is 14.4 Å². The highest BCUT2D eigenvalue weighted by atomic mass is 16.5. The number of benzene rings is 2. The first-order valence-corrected chi connectivity index (χ1v) is 9.18. The first-order valence-electron chi connectivity index (χ1n) is 9.18. The minimum absolute atomic E-state index is 0.262. The summed E-state index contributed by atoms with van der Waals surface area (Å²) < 4.78 is 10.5. The summed E-state index contributed by atoms with van der Waals surface area (Å²) in [4.78, 5) is 35.8. The molecule has 154 valence electrons. The SMILES string of the molecule is CCOC(=O)Nc1ccc(C(=O)NNC(=O)[C@H](C)Oc2cccc(C)c2C)cc1. The average Bonchev–Trinajstić information content (AvgIpc) is 2.70. The van der Waals surface area contributed by atoms with Gasteiger partial charge in [-0.15, -0.1) is 0 Å². The Bertz CT molecular complexity index is 880. The Balaban J connectivity index is 1.86. The molecule has 8 heteroatoms. The van der Waals surface area contributed by atoms with Crippen molar-refractivity contribution in [3.8, 4) is 5.75 Å².